The molecule has 2 atom stereocenters. The van der Waals surface area contributed by atoms with Gasteiger partial charge in [0.25, 0.3) is 5.91 Å². The molecule has 4 rings (SSSR count). The number of carbonyl (C=O) groups is 3. The Labute approximate surface area is 178 Å². The summed E-state index contributed by atoms with van der Waals surface area (Å²) in [5, 5.41) is 3.25. The third kappa shape index (κ3) is 3.45. The van der Waals surface area contributed by atoms with E-state index < -0.39 is 5.91 Å². The fraction of sp³-hybridized carbons (Fsp3) is 0.227. The molecular weight excluding hydrogens is 411 g/mol. The highest BCUT2D eigenvalue weighted by Crippen LogP contribution is 2.40. The van der Waals surface area contributed by atoms with Gasteiger partial charge in [0.2, 0.25) is 11.8 Å². The first kappa shape index (κ1) is 19.7. The molecule has 1 saturated heterocycles. The maximum absolute atomic E-state index is 13.0. The predicted molar refractivity (Wildman–Crippen MR) is 113 cm³/mol. The second-order valence-electron chi connectivity index (χ2n) is 7.29. The van der Waals surface area contributed by atoms with Crippen molar-refractivity contribution in [3.63, 3.8) is 0 Å². The molecular formula is C22H18Cl2N2O3. The number of nitrogens with one attached hydrogen (secondary N) is 1. The smallest absolute Gasteiger partial charge is 0.257 e. The molecule has 2 aromatic carbocycles. The Morgan fingerprint density at radius 2 is 1.76 bits per heavy atom. The van der Waals surface area contributed by atoms with Crippen LogP contribution in [0.3, 0.4) is 0 Å². The van der Waals surface area contributed by atoms with Crippen LogP contribution in [-0.2, 0) is 9.59 Å². The van der Waals surface area contributed by atoms with Gasteiger partial charge in [-0.25, -0.2) is 4.90 Å². The SMILES string of the molecule is CC1=CC[C@@H]2C(=O)N(c3ccccc3C(=O)Nc3cccc(Cl)c3Cl)C(=O)[C@@H]2C1. The number of anilines is 2. The van der Waals surface area contributed by atoms with E-state index in [1.165, 1.54) is 0 Å². The van der Waals surface area contributed by atoms with E-state index in [0.717, 1.165) is 10.5 Å². The molecule has 0 saturated carbocycles. The lowest BCUT2D eigenvalue weighted by Gasteiger charge is -2.19. The van der Waals surface area contributed by atoms with Gasteiger partial charge in [0.15, 0.2) is 0 Å². The van der Waals surface area contributed by atoms with Crippen molar-refractivity contribution < 1.29 is 14.4 Å². The van der Waals surface area contributed by atoms with Gasteiger partial charge < -0.3 is 5.32 Å². The van der Waals surface area contributed by atoms with Gasteiger partial charge in [0.1, 0.15) is 0 Å². The van der Waals surface area contributed by atoms with E-state index in [1.54, 1.807) is 42.5 Å². The molecule has 148 valence electrons. The first-order chi connectivity index (χ1) is 13.9. The van der Waals surface area contributed by atoms with Crippen LogP contribution in [0.1, 0.15) is 30.1 Å². The lowest BCUT2D eigenvalue weighted by molar-refractivity contribution is -0.122. The van der Waals surface area contributed by atoms with Crippen molar-refractivity contribution in [2.45, 2.75) is 19.8 Å². The van der Waals surface area contributed by atoms with E-state index in [0.29, 0.717) is 23.6 Å². The van der Waals surface area contributed by atoms with Crippen molar-refractivity contribution in [2.75, 3.05) is 10.2 Å². The number of hydrogen-bond donors (Lipinski definition) is 1. The minimum Gasteiger partial charge on any atom is -0.321 e. The molecule has 5 nitrogen and oxygen atoms in total. The zero-order valence-corrected chi connectivity index (χ0v) is 17.1. The summed E-state index contributed by atoms with van der Waals surface area (Å²) in [6.45, 7) is 1.97. The number of amides is 3. The number of hydrogen-bond acceptors (Lipinski definition) is 3. The summed E-state index contributed by atoms with van der Waals surface area (Å²) in [5.41, 5.74) is 1.96. The van der Waals surface area contributed by atoms with Crippen molar-refractivity contribution in [3.05, 3.63) is 69.7 Å². The Morgan fingerprint density at radius 3 is 2.55 bits per heavy atom. The average Bonchev–Trinajstić information content (AvgIpc) is 2.95. The Bertz CT molecular complexity index is 1060. The largest absolute Gasteiger partial charge is 0.321 e. The Morgan fingerprint density at radius 1 is 1.03 bits per heavy atom. The third-order valence-electron chi connectivity index (χ3n) is 5.41. The Kier molecular flexibility index (Phi) is 5.19. The number of nitrogens with zero attached hydrogens (tertiary/aromatic N) is 1. The molecule has 0 spiro atoms. The van der Waals surface area contributed by atoms with Crippen molar-refractivity contribution in [2.24, 2.45) is 11.8 Å². The van der Waals surface area contributed by atoms with Gasteiger partial charge in [-0.1, -0.05) is 53.1 Å². The van der Waals surface area contributed by atoms with E-state index >= 15 is 0 Å². The standard InChI is InChI=1S/C22H18Cl2N2O3/c1-12-9-10-13-15(11-12)22(29)26(21(13)28)18-8-3-2-5-14(18)20(27)25-17-7-4-6-16(23)19(17)24/h2-9,13,15H,10-11H2,1H3,(H,25,27)/t13-,15+/m0/s1. The van der Waals surface area contributed by atoms with Crippen LogP contribution in [0, 0.1) is 11.8 Å². The van der Waals surface area contributed by atoms with Gasteiger partial charge in [-0.15, -0.1) is 0 Å². The van der Waals surface area contributed by atoms with Gasteiger partial charge in [0.05, 0.1) is 38.8 Å². The fourth-order valence-electron chi connectivity index (χ4n) is 3.93. The zero-order chi connectivity index (χ0) is 20.7. The summed E-state index contributed by atoms with van der Waals surface area (Å²) in [6.07, 6.45) is 3.12. The minimum absolute atomic E-state index is 0.216. The number of allylic oxidation sites excluding steroid dienone is 2. The van der Waals surface area contributed by atoms with Gasteiger partial charge in [-0.05, 0) is 44.0 Å². The van der Waals surface area contributed by atoms with E-state index in [9.17, 15) is 14.4 Å². The summed E-state index contributed by atoms with van der Waals surface area (Å²) in [6, 6.07) is 11.5. The highest BCUT2D eigenvalue weighted by Gasteiger charge is 2.49. The summed E-state index contributed by atoms with van der Waals surface area (Å²) < 4.78 is 0. The van der Waals surface area contributed by atoms with Crippen molar-refractivity contribution in [1.29, 1.82) is 0 Å². The van der Waals surface area contributed by atoms with Gasteiger partial charge in [-0.3, -0.25) is 14.4 Å². The lowest BCUT2D eigenvalue weighted by atomic mass is 9.82. The summed E-state index contributed by atoms with van der Waals surface area (Å²) in [5.74, 6) is -1.73. The number of carbonyl (C=O) groups excluding carboxylic acids is 3. The monoisotopic (exact) mass is 428 g/mol. The highest BCUT2D eigenvalue weighted by molar-refractivity contribution is 6.44. The number of para-hydroxylation sites is 1. The van der Waals surface area contributed by atoms with Crippen LogP contribution in [0.4, 0.5) is 11.4 Å². The van der Waals surface area contributed by atoms with Crippen LogP contribution >= 0.6 is 23.2 Å². The predicted octanol–water partition coefficient (Wildman–Crippen LogP) is 5.09. The summed E-state index contributed by atoms with van der Waals surface area (Å²) in [7, 11) is 0. The van der Waals surface area contributed by atoms with Crippen LogP contribution in [0.2, 0.25) is 10.0 Å². The van der Waals surface area contributed by atoms with E-state index in [2.05, 4.69) is 5.32 Å². The molecule has 0 bridgehead atoms. The molecule has 3 amide bonds. The molecule has 29 heavy (non-hydrogen) atoms. The lowest BCUT2D eigenvalue weighted by Crippen LogP contribution is -2.33. The number of rotatable bonds is 3. The topological polar surface area (TPSA) is 66.5 Å². The van der Waals surface area contributed by atoms with Crippen LogP contribution in [0.25, 0.3) is 0 Å². The number of halogens is 2. The van der Waals surface area contributed by atoms with E-state index in [1.807, 2.05) is 13.0 Å². The number of fused-ring (bicyclic) bond motifs is 1. The molecule has 2 aliphatic rings. The summed E-state index contributed by atoms with van der Waals surface area (Å²) in [4.78, 5) is 40.2. The van der Waals surface area contributed by atoms with Crippen molar-refractivity contribution in [1.82, 2.24) is 0 Å². The first-order valence-electron chi connectivity index (χ1n) is 9.26. The molecule has 0 radical (unpaired) electrons. The van der Waals surface area contributed by atoms with E-state index in [-0.39, 0.29) is 39.9 Å². The third-order valence-corrected chi connectivity index (χ3v) is 6.23. The number of benzene rings is 2. The van der Waals surface area contributed by atoms with Crippen LogP contribution < -0.4 is 10.2 Å². The van der Waals surface area contributed by atoms with Crippen molar-refractivity contribution in [3.8, 4) is 0 Å². The van der Waals surface area contributed by atoms with Gasteiger partial charge in [-0.2, -0.15) is 0 Å². The maximum atomic E-state index is 13.0. The Balaban J connectivity index is 1.67. The first-order valence-corrected chi connectivity index (χ1v) is 10.0. The molecule has 1 fully saturated rings. The molecule has 1 heterocycles. The van der Waals surface area contributed by atoms with Crippen LogP contribution in [0.15, 0.2) is 54.1 Å². The second-order valence-corrected chi connectivity index (χ2v) is 8.07. The highest BCUT2D eigenvalue weighted by atomic mass is 35.5. The van der Waals surface area contributed by atoms with Gasteiger partial charge >= 0.3 is 0 Å². The summed E-state index contributed by atoms with van der Waals surface area (Å²) >= 11 is 12.2. The molecule has 1 N–H and O–H groups in total. The zero-order valence-electron chi connectivity index (χ0n) is 15.6. The van der Waals surface area contributed by atoms with Crippen molar-refractivity contribution >= 4 is 52.3 Å². The van der Waals surface area contributed by atoms with Gasteiger partial charge in [0, 0.05) is 0 Å². The Hall–Kier alpha value is -2.63. The number of imide groups is 1. The normalized spacial score (nSPS) is 21.1. The fourth-order valence-corrected chi connectivity index (χ4v) is 4.27. The molecule has 7 heteroatoms. The molecule has 1 aliphatic carbocycles. The van der Waals surface area contributed by atoms with Crippen LogP contribution in [-0.4, -0.2) is 17.7 Å². The maximum Gasteiger partial charge on any atom is 0.257 e. The average molecular weight is 429 g/mol. The minimum atomic E-state index is -0.477. The molecule has 2 aromatic rings. The van der Waals surface area contributed by atoms with Crippen LogP contribution in [0.5, 0.6) is 0 Å². The molecule has 1 aliphatic heterocycles. The molecule has 0 aromatic heterocycles. The quantitative estimate of drug-likeness (QED) is 0.546. The molecule has 0 unspecified atom stereocenters. The van der Waals surface area contributed by atoms with E-state index in [4.69, 9.17) is 23.2 Å². The second kappa shape index (κ2) is 7.65.